The number of carbonyl (C=O) groups excluding carboxylic acids is 1. The minimum Gasteiger partial charge on any atom is -0.490 e. The Balaban J connectivity index is 1.16. The number of aliphatic hydroxyl groups excluding tert-OH is 1. The van der Waals surface area contributed by atoms with Crippen LogP contribution in [-0.4, -0.2) is 76.2 Å². The quantitative estimate of drug-likeness (QED) is 0.415. The first-order chi connectivity index (χ1) is 17.7. The Bertz CT molecular complexity index is 1230. The van der Waals surface area contributed by atoms with E-state index in [1.165, 1.54) is 0 Å². The number of rotatable bonds is 8. The minimum atomic E-state index is -0.631. The average molecular weight is 483 g/mol. The van der Waals surface area contributed by atoms with Gasteiger partial charge in [-0.15, -0.1) is 0 Å². The summed E-state index contributed by atoms with van der Waals surface area (Å²) in [6.45, 7) is 3.35. The van der Waals surface area contributed by atoms with Gasteiger partial charge in [0.15, 0.2) is 0 Å². The largest absolute Gasteiger partial charge is 0.490 e. The lowest BCUT2D eigenvalue weighted by atomic mass is 9.90. The molecule has 2 unspecified atom stereocenters. The molecular weight excluding hydrogens is 452 g/mol. The number of ether oxygens (including phenoxy) is 1. The third kappa shape index (κ3) is 5.53. The zero-order chi connectivity index (χ0) is 24.7. The zero-order valence-electron chi connectivity index (χ0n) is 20.1. The van der Waals surface area contributed by atoms with Crippen molar-refractivity contribution in [1.82, 2.24) is 19.8 Å². The molecule has 1 fully saturated rings. The lowest BCUT2D eigenvalue weighted by Crippen LogP contribution is -2.52. The summed E-state index contributed by atoms with van der Waals surface area (Å²) in [5.74, 6) is 0.466. The van der Waals surface area contributed by atoms with E-state index in [1.807, 2.05) is 77.7 Å². The molecule has 2 aromatic carbocycles. The fourth-order valence-electron chi connectivity index (χ4n) is 4.75. The molecule has 0 spiro atoms. The van der Waals surface area contributed by atoms with Gasteiger partial charge in [-0.25, -0.2) is 0 Å². The van der Waals surface area contributed by atoms with Gasteiger partial charge in [0, 0.05) is 56.7 Å². The summed E-state index contributed by atoms with van der Waals surface area (Å²) in [6, 6.07) is 23.3. The van der Waals surface area contributed by atoms with E-state index in [2.05, 4.69) is 14.9 Å². The van der Waals surface area contributed by atoms with Crippen LogP contribution in [0.25, 0.3) is 10.9 Å². The number of aromatic nitrogens is 2. The van der Waals surface area contributed by atoms with Crippen LogP contribution in [0, 0.1) is 0 Å². The number of aliphatic hydroxyl groups is 1. The maximum absolute atomic E-state index is 13.6. The van der Waals surface area contributed by atoms with E-state index in [-0.39, 0.29) is 18.4 Å². The van der Waals surface area contributed by atoms with Crippen LogP contribution in [-0.2, 0) is 4.79 Å². The van der Waals surface area contributed by atoms with E-state index in [9.17, 15) is 9.90 Å². The highest BCUT2D eigenvalue weighted by Gasteiger charge is 2.30. The lowest BCUT2D eigenvalue weighted by molar-refractivity contribution is -0.133. The number of piperazine rings is 1. The summed E-state index contributed by atoms with van der Waals surface area (Å²) in [7, 11) is 0. The number of β-amino-alcohol motifs (C(OH)–C–C–N with tert-alkyl or cyclic N) is 1. The van der Waals surface area contributed by atoms with Crippen molar-refractivity contribution in [3.05, 3.63) is 103 Å². The van der Waals surface area contributed by atoms with E-state index < -0.39 is 6.10 Å². The SMILES string of the molecule is O=C(C(c1ccccc1)c1ccncc1)N1CCN(CC(O)COc2cccc3ncccc23)CC1. The molecule has 1 N–H and O–H groups in total. The summed E-state index contributed by atoms with van der Waals surface area (Å²) < 4.78 is 5.93. The fourth-order valence-corrected chi connectivity index (χ4v) is 4.75. The molecule has 5 rings (SSSR count). The van der Waals surface area contributed by atoms with E-state index in [4.69, 9.17) is 4.74 Å². The number of carbonyl (C=O) groups is 1. The topological polar surface area (TPSA) is 78.8 Å². The molecule has 36 heavy (non-hydrogen) atoms. The van der Waals surface area contributed by atoms with Crippen molar-refractivity contribution in [3.63, 3.8) is 0 Å². The number of fused-ring (bicyclic) bond motifs is 1. The van der Waals surface area contributed by atoms with Crippen molar-refractivity contribution < 1.29 is 14.6 Å². The van der Waals surface area contributed by atoms with Crippen LogP contribution >= 0.6 is 0 Å². The number of pyridine rings is 2. The van der Waals surface area contributed by atoms with Gasteiger partial charge in [-0.3, -0.25) is 19.7 Å². The second kappa shape index (κ2) is 11.3. The number of benzene rings is 2. The smallest absolute Gasteiger partial charge is 0.234 e. The highest BCUT2D eigenvalue weighted by Crippen LogP contribution is 2.27. The first-order valence-electron chi connectivity index (χ1n) is 12.3. The second-order valence-corrected chi connectivity index (χ2v) is 9.04. The summed E-state index contributed by atoms with van der Waals surface area (Å²) in [5, 5.41) is 11.6. The number of hydrogen-bond acceptors (Lipinski definition) is 6. The molecule has 2 atom stereocenters. The van der Waals surface area contributed by atoms with Gasteiger partial charge in [0.1, 0.15) is 18.5 Å². The average Bonchev–Trinajstić information content (AvgIpc) is 2.93. The molecule has 7 heteroatoms. The van der Waals surface area contributed by atoms with Crippen LogP contribution in [0.1, 0.15) is 17.0 Å². The van der Waals surface area contributed by atoms with Crippen molar-refractivity contribution in [2.45, 2.75) is 12.0 Å². The molecule has 0 aliphatic carbocycles. The minimum absolute atomic E-state index is 0.0977. The molecule has 0 saturated carbocycles. The summed E-state index contributed by atoms with van der Waals surface area (Å²) in [6.07, 6.45) is 4.58. The van der Waals surface area contributed by atoms with E-state index >= 15 is 0 Å². The van der Waals surface area contributed by atoms with Gasteiger partial charge in [-0.1, -0.05) is 36.4 Å². The first kappa shape index (κ1) is 23.9. The van der Waals surface area contributed by atoms with E-state index in [0.29, 0.717) is 32.7 Å². The molecule has 3 heterocycles. The molecule has 1 aliphatic rings. The summed E-state index contributed by atoms with van der Waals surface area (Å²) >= 11 is 0. The van der Waals surface area contributed by atoms with Crippen LogP contribution < -0.4 is 4.74 Å². The Morgan fingerprint density at radius 1 is 0.861 bits per heavy atom. The Hall–Kier alpha value is -3.81. The van der Waals surface area contributed by atoms with E-state index in [0.717, 1.165) is 27.8 Å². The Morgan fingerprint density at radius 3 is 2.39 bits per heavy atom. The standard InChI is InChI=1S/C29H30N4O3/c34-24(21-36-27-10-4-9-26-25(27)8-5-13-31-26)20-32-16-18-33(19-17-32)29(35)28(22-6-2-1-3-7-22)23-11-14-30-15-12-23/h1-15,24,28,34H,16-21H2. The van der Waals surface area contributed by atoms with Crippen molar-refractivity contribution in [3.8, 4) is 5.75 Å². The molecule has 2 aromatic heterocycles. The van der Waals surface area contributed by atoms with Crippen molar-refractivity contribution in [2.24, 2.45) is 0 Å². The molecule has 1 amide bonds. The highest BCUT2D eigenvalue weighted by atomic mass is 16.5. The normalized spacial score (nSPS) is 16.0. The Morgan fingerprint density at radius 2 is 1.61 bits per heavy atom. The van der Waals surface area contributed by atoms with Gasteiger partial charge in [0.2, 0.25) is 5.91 Å². The predicted octanol–water partition coefficient (Wildman–Crippen LogP) is 3.35. The van der Waals surface area contributed by atoms with Crippen molar-refractivity contribution in [2.75, 3.05) is 39.3 Å². The molecule has 0 radical (unpaired) electrons. The van der Waals surface area contributed by atoms with Crippen LogP contribution in [0.5, 0.6) is 5.75 Å². The summed E-state index contributed by atoms with van der Waals surface area (Å²) in [4.78, 5) is 26.2. The number of nitrogens with zero attached hydrogens (tertiary/aromatic N) is 4. The van der Waals surface area contributed by atoms with Gasteiger partial charge in [-0.05, 0) is 47.5 Å². The lowest BCUT2D eigenvalue weighted by Gasteiger charge is -2.37. The van der Waals surface area contributed by atoms with Crippen LogP contribution in [0.15, 0.2) is 91.4 Å². The fraction of sp³-hybridized carbons (Fsp3) is 0.276. The Kier molecular flexibility index (Phi) is 7.50. The molecular formula is C29H30N4O3. The van der Waals surface area contributed by atoms with Crippen LogP contribution in [0.2, 0.25) is 0 Å². The Labute approximate surface area is 211 Å². The number of hydrogen-bond donors (Lipinski definition) is 1. The molecule has 4 aromatic rings. The maximum atomic E-state index is 13.6. The van der Waals surface area contributed by atoms with Crippen LogP contribution in [0.3, 0.4) is 0 Å². The summed E-state index contributed by atoms with van der Waals surface area (Å²) in [5.41, 5.74) is 2.79. The molecule has 1 saturated heterocycles. The van der Waals surface area contributed by atoms with Crippen molar-refractivity contribution >= 4 is 16.8 Å². The monoisotopic (exact) mass is 482 g/mol. The zero-order valence-corrected chi connectivity index (χ0v) is 20.1. The van der Waals surface area contributed by atoms with Gasteiger partial charge >= 0.3 is 0 Å². The maximum Gasteiger partial charge on any atom is 0.234 e. The van der Waals surface area contributed by atoms with E-state index in [1.54, 1.807) is 18.6 Å². The molecule has 7 nitrogen and oxygen atoms in total. The second-order valence-electron chi connectivity index (χ2n) is 9.04. The first-order valence-corrected chi connectivity index (χ1v) is 12.3. The molecule has 0 bridgehead atoms. The van der Waals surface area contributed by atoms with Gasteiger partial charge in [-0.2, -0.15) is 0 Å². The van der Waals surface area contributed by atoms with Gasteiger partial charge in [0.05, 0.1) is 11.4 Å². The third-order valence-electron chi connectivity index (χ3n) is 6.61. The van der Waals surface area contributed by atoms with Crippen LogP contribution in [0.4, 0.5) is 0 Å². The molecule has 184 valence electrons. The molecule has 1 aliphatic heterocycles. The van der Waals surface area contributed by atoms with Gasteiger partial charge < -0.3 is 14.7 Å². The highest BCUT2D eigenvalue weighted by molar-refractivity contribution is 5.87. The van der Waals surface area contributed by atoms with Crippen molar-refractivity contribution in [1.29, 1.82) is 0 Å². The third-order valence-corrected chi connectivity index (χ3v) is 6.61. The number of amides is 1. The van der Waals surface area contributed by atoms with Gasteiger partial charge in [0.25, 0.3) is 0 Å². The predicted molar refractivity (Wildman–Crippen MR) is 139 cm³/mol.